The molecule has 0 aliphatic carbocycles. The summed E-state index contributed by atoms with van der Waals surface area (Å²) in [5, 5.41) is 9.15. The summed E-state index contributed by atoms with van der Waals surface area (Å²) in [6.45, 7) is 2.29. The molecule has 3 aromatic carbocycles. The first-order valence-electron chi connectivity index (χ1n) is 13.2. The Labute approximate surface area is 235 Å². The number of aromatic nitrogens is 2. The minimum absolute atomic E-state index is 0.00497. The van der Waals surface area contributed by atoms with Gasteiger partial charge in [0.05, 0.1) is 51.8 Å². The van der Waals surface area contributed by atoms with Gasteiger partial charge < -0.3 is 30.0 Å². The third-order valence-electron chi connectivity index (χ3n) is 6.74. The average Bonchev–Trinajstić information content (AvgIpc) is 3.41. The number of carbonyl (C=O) groups is 1. The average molecular weight is 565 g/mol. The van der Waals surface area contributed by atoms with Gasteiger partial charge in [0.15, 0.2) is 11.6 Å². The number of ether oxygens (including phenoxy) is 3. The van der Waals surface area contributed by atoms with Crippen molar-refractivity contribution in [2.24, 2.45) is 0 Å². The van der Waals surface area contributed by atoms with Crippen molar-refractivity contribution in [3.8, 4) is 11.1 Å². The van der Waals surface area contributed by atoms with Crippen LogP contribution in [-0.4, -0.2) is 65.5 Å². The van der Waals surface area contributed by atoms with Crippen molar-refractivity contribution in [2.75, 3.05) is 45.4 Å². The van der Waals surface area contributed by atoms with Crippen molar-refractivity contribution < 1.29 is 32.9 Å². The fourth-order valence-corrected chi connectivity index (χ4v) is 4.77. The topological polar surface area (TPSA) is 120 Å². The van der Waals surface area contributed by atoms with Crippen LogP contribution in [0, 0.1) is 11.6 Å². The number of carbonyl (C=O) groups excluding carboxylic acids is 1. The number of hydrogen-bond donors (Lipinski definition) is 2. The smallest absolute Gasteiger partial charge is 0.273 e. The lowest BCUT2D eigenvalue weighted by atomic mass is 9.97. The van der Waals surface area contributed by atoms with Gasteiger partial charge in [-0.2, -0.15) is 0 Å². The van der Waals surface area contributed by atoms with Gasteiger partial charge in [-0.05, 0) is 52.1 Å². The number of anilines is 1. The summed E-state index contributed by atoms with van der Waals surface area (Å²) < 4.78 is 44.8. The number of benzene rings is 3. The van der Waals surface area contributed by atoms with E-state index in [9.17, 15) is 13.6 Å². The van der Waals surface area contributed by atoms with Crippen molar-refractivity contribution in [1.29, 1.82) is 0 Å². The fourth-order valence-electron chi connectivity index (χ4n) is 4.77. The molecular weight excluding hydrogens is 534 g/mol. The van der Waals surface area contributed by atoms with E-state index in [-0.39, 0.29) is 50.6 Å². The number of nitrogens with zero attached hydrogens (tertiary/aromatic N) is 3. The molecule has 0 saturated carbocycles. The number of nitrogen functional groups attached to an aromatic ring is 1. The first kappa shape index (κ1) is 28.5. The summed E-state index contributed by atoms with van der Waals surface area (Å²) in [4.78, 5) is 23.9. The summed E-state index contributed by atoms with van der Waals surface area (Å²) in [5.74, 6) is -2.33. The summed E-state index contributed by atoms with van der Waals surface area (Å²) in [5.41, 5.74) is 10.1. The molecule has 0 unspecified atom stereocenters. The predicted octanol–water partition coefficient (Wildman–Crippen LogP) is 3.86. The predicted molar refractivity (Wildman–Crippen MR) is 148 cm³/mol. The quantitative estimate of drug-likeness (QED) is 0.249. The highest BCUT2D eigenvalue weighted by atomic mass is 19.2. The molecule has 1 aromatic heterocycles. The Morgan fingerprint density at radius 3 is 2.24 bits per heavy atom. The van der Waals surface area contributed by atoms with E-state index < -0.39 is 11.6 Å². The SMILES string of the molecule is Nc1nc(C(=O)N2Cc3ccccc3C2)c2cc(-c3cc(F)c(F)cc3COCCOCCOCCO)ccc2n1. The van der Waals surface area contributed by atoms with E-state index in [2.05, 4.69) is 9.97 Å². The van der Waals surface area contributed by atoms with Crippen molar-refractivity contribution in [1.82, 2.24) is 14.9 Å². The lowest BCUT2D eigenvalue weighted by molar-refractivity contribution is 0.00453. The van der Waals surface area contributed by atoms with E-state index in [1.54, 1.807) is 23.1 Å². The molecule has 2 heterocycles. The van der Waals surface area contributed by atoms with Crippen LogP contribution < -0.4 is 5.73 Å². The van der Waals surface area contributed by atoms with Gasteiger partial charge in [-0.15, -0.1) is 0 Å². The molecule has 41 heavy (non-hydrogen) atoms. The molecule has 0 atom stereocenters. The zero-order valence-corrected chi connectivity index (χ0v) is 22.3. The normalized spacial score (nSPS) is 12.7. The van der Waals surface area contributed by atoms with Crippen LogP contribution in [0.4, 0.5) is 14.7 Å². The van der Waals surface area contributed by atoms with Crippen LogP contribution in [0.5, 0.6) is 0 Å². The van der Waals surface area contributed by atoms with Gasteiger partial charge in [0.25, 0.3) is 5.91 Å². The standard InChI is InChI=1S/C30H30F2N4O5/c31-25-14-22(18-41-12-11-40-10-9-39-8-7-37)23(15-26(25)32)19-5-6-27-24(13-19)28(35-30(33)34-27)29(38)36-16-20-3-1-2-4-21(20)17-36/h1-6,13-15,37H,7-12,16-18H2,(H2,33,34,35). The Morgan fingerprint density at radius 2 is 1.54 bits per heavy atom. The number of halogens is 2. The first-order valence-corrected chi connectivity index (χ1v) is 13.2. The van der Waals surface area contributed by atoms with E-state index >= 15 is 0 Å². The maximum atomic E-state index is 14.4. The van der Waals surface area contributed by atoms with E-state index in [1.165, 1.54) is 0 Å². The van der Waals surface area contributed by atoms with Crippen molar-refractivity contribution in [3.63, 3.8) is 0 Å². The van der Waals surface area contributed by atoms with Gasteiger partial charge in [-0.25, -0.2) is 18.7 Å². The van der Waals surface area contributed by atoms with Crippen LogP contribution in [-0.2, 0) is 33.9 Å². The molecule has 0 radical (unpaired) electrons. The summed E-state index contributed by atoms with van der Waals surface area (Å²) in [6.07, 6.45) is 0. The minimum Gasteiger partial charge on any atom is -0.394 e. The molecule has 9 nitrogen and oxygen atoms in total. The second kappa shape index (κ2) is 13.1. The molecule has 1 amide bonds. The Kier molecular flexibility index (Phi) is 9.10. The molecule has 0 fully saturated rings. The number of rotatable bonds is 12. The summed E-state index contributed by atoms with van der Waals surface area (Å²) >= 11 is 0. The number of hydrogen-bond acceptors (Lipinski definition) is 8. The molecule has 0 spiro atoms. The number of amides is 1. The number of fused-ring (bicyclic) bond motifs is 2. The third kappa shape index (κ3) is 6.66. The Bertz CT molecular complexity index is 1530. The van der Waals surface area contributed by atoms with E-state index in [0.29, 0.717) is 53.9 Å². The highest BCUT2D eigenvalue weighted by Crippen LogP contribution is 2.32. The number of aliphatic hydroxyl groups is 1. The van der Waals surface area contributed by atoms with Gasteiger partial charge in [0, 0.05) is 18.5 Å². The number of aliphatic hydroxyl groups excluding tert-OH is 1. The summed E-state index contributed by atoms with van der Waals surface area (Å²) in [7, 11) is 0. The van der Waals surface area contributed by atoms with E-state index in [0.717, 1.165) is 23.3 Å². The zero-order chi connectivity index (χ0) is 28.8. The highest BCUT2D eigenvalue weighted by Gasteiger charge is 2.27. The Balaban J connectivity index is 1.37. The summed E-state index contributed by atoms with van der Waals surface area (Å²) in [6, 6.07) is 15.1. The maximum absolute atomic E-state index is 14.4. The van der Waals surface area contributed by atoms with Crippen molar-refractivity contribution in [2.45, 2.75) is 19.7 Å². The zero-order valence-electron chi connectivity index (χ0n) is 22.3. The van der Waals surface area contributed by atoms with Crippen molar-refractivity contribution >= 4 is 22.8 Å². The number of nitrogens with two attached hydrogens (primary N) is 1. The van der Waals surface area contributed by atoms with E-state index in [4.69, 9.17) is 25.1 Å². The fraction of sp³-hybridized carbons (Fsp3) is 0.300. The van der Waals surface area contributed by atoms with Gasteiger partial charge in [-0.3, -0.25) is 4.79 Å². The lowest BCUT2D eigenvalue weighted by Gasteiger charge is -2.17. The van der Waals surface area contributed by atoms with Crippen molar-refractivity contribution in [3.05, 3.63) is 88.6 Å². The first-order chi connectivity index (χ1) is 19.9. The third-order valence-corrected chi connectivity index (χ3v) is 6.74. The molecule has 1 aliphatic heterocycles. The Morgan fingerprint density at radius 1 is 0.878 bits per heavy atom. The second-order valence-corrected chi connectivity index (χ2v) is 9.52. The van der Waals surface area contributed by atoms with Crippen LogP contribution in [0.2, 0.25) is 0 Å². The largest absolute Gasteiger partial charge is 0.394 e. The lowest BCUT2D eigenvalue weighted by Crippen LogP contribution is -2.27. The molecule has 3 N–H and O–H groups in total. The monoisotopic (exact) mass is 564 g/mol. The maximum Gasteiger partial charge on any atom is 0.273 e. The van der Waals surface area contributed by atoms with Crippen LogP contribution in [0.15, 0.2) is 54.6 Å². The van der Waals surface area contributed by atoms with Gasteiger partial charge in [0.1, 0.15) is 5.69 Å². The minimum atomic E-state index is -1.00. The van der Waals surface area contributed by atoms with Gasteiger partial charge in [0.2, 0.25) is 5.95 Å². The molecule has 214 valence electrons. The van der Waals surface area contributed by atoms with Gasteiger partial charge in [-0.1, -0.05) is 30.3 Å². The van der Waals surface area contributed by atoms with Gasteiger partial charge >= 0.3 is 0 Å². The molecule has 4 aromatic rings. The molecule has 0 bridgehead atoms. The highest BCUT2D eigenvalue weighted by molar-refractivity contribution is 6.06. The second-order valence-electron chi connectivity index (χ2n) is 9.52. The molecule has 1 aliphatic rings. The molecule has 5 rings (SSSR count). The van der Waals surface area contributed by atoms with Crippen LogP contribution in [0.25, 0.3) is 22.0 Å². The van der Waals surface area contributed by atoms with Crippen LogP contribution in [0.3, 0.4) is 0 Å². The molecule has 0 saturated heterocycles. The van der Waals surface area contributed by atoms with Crippen LogP contribution in [0.1, 0.15) is 27.2 Å². The van der Waals surface area contributed by atoms with E-state index in [1.807, 2.05) is 24.3 Å². The molecule has 11 heteroatoms. The van der Waals surface area contributed by atoms with Crippen LogP contribution >= 0.6 is 0 Å². The molecular formula is C30H30F2N4O5. The Hall–Kier alpha value is -4.03.